The van der Waals surface area contributed by atoms with Gasteiger partial charge in [0, 0.05) is 35.0 Å². The van der Waals surface area contributed by atoms with Gasteiger partial charge in [-0.1, -0.05) is 31.1 Å². The van der Waals surface area contributed by atoms with Gasteiger partial charge in [-0.05, 0) is 80.3 Å². The van der Waals surface area contributed by atoms with E-state index < -0.39 is 17.9 Å². The minimum absolute atomic E-state index is 0.0267. The molecule has 2 aromatic rings. The molecule has 0 spiro atoms. The Labute approximate surface area is 223 Å². The van der Waals surface area contributed by atoms with Crippen molar-refractivity contribution in [3.05, 3.63) is 65.2 Å². The Balaban J connectivity index is 1.49. The van der Waals surface area contributed by atoms with Gasteiger partial charge < -0.3 is 16.4 Å². The number of hydrogen-bond donors (Lipinski definition) is 5. The molecule has 0 heterocycles. The molecule has 3 amide bonds. The lowest BCUT2D eigenvalue weighted by Crippen LogP contribution is -2.50. The molecule has 1 aliphatic carbocycles. The normalized spacial score (nSPS) is 13.8. The average Bonchev–Trinajstić information content (AvgIpc) is 2.95. The van der Waals surface area contributed by atoms with Crippen molar-refractivity contribution in [3.63, 3.8) is 0 Å². The lowest BCUT2D eigenvalue weighted by molar-refractivity contribution is -0.130. The van der Waals surface area contributed by atoms with E-state index in [0.29, 0.717) is 23.7 Å². The maximum atomic E-state index is 12.4. The largest absolute Gasteiger partial charge is 0.339 e. The van der Waals surface area contributed by atoms with Crippen LogP contribution >= 0.6 is 0 Å². The van der Waals surface area contributed by atoms with Crippen LogP contribution in [0.5, 0.6) is 0 Å². The van der Waals surface area contributed by atoms with Gasteiger partial charge in [0.15, 0.2) is 0 Å². The number of carbonyl (C=O) groups excluding carboxylic acids is 3. The summed E-state index contributed by atoms with van der Waals surface area (Å²) in [6, 6.07) is 13.2. The summed E-state index contributed by atoms with van der Waals surface area (Å²) in [6.07, 6.45) is 6.08. The van der Waals surface area contributed by atoms with Crippen LogP contribution in [0.3, 0.4) is 0 Å². The van der Waals surface area contributed by atoms with Crippen LogP contribution in [0, 0.1) is 23.7 Å². The van der Waals surface area contributed by atoms with Gasteiger partial charge in [-0.2, -0.15) is 0 Å². The van der Waals surface area contributed by atoms with Gasteiger partial charge in [-0.3, -0.25) is 24.5 Å². The molecule has 0 radical (unpaired) electrons. The highest BCUT2D eigenvalue weighted by Crippen LogP contribution is 2.21. The van der Waals surface area contributed by atoms with Crippen LogP contribution in [-0.4, -0.2) is 60.0 Å². The van der Waals surface area contributed by atoms with E-state index in [1.807, 2.05) is 31.3 Å². The molecule has 6 N–H and O–H groups in total. The van der Waals surface area contributed by atoms with E-state index in [9.17, 15) is 14.4 Å². The number of nitrogens with zero attached hydrogens (tertiary/aromatic N) is 1. The lowest BCUT2D eigenvalue weighted by Gasteiger charge is -2.30. The number of amides is 3. The molecule has 3 rings (SSSR count). The van der Waals surface area contributed by atoms with Crippen LogP contribution in [0.1, 0.15) is 53.6 Å². The first-order valence-corrected chi connectivity index (χ1v) is 12.6. The maximum absolute atomic E-state index is 12.4. The van der Waals surface area contributed by atoms with Crippen molar-refractivity contribution in [2.75, 3.05) is 25.5 Å². The van der Waals surface area contributed by atoms with Gasteiger partial charge in [0.2, 0.25) is 5.91 Å². The SMILES string of the molecule is CN(CC(=O)Nc1ccc(C#CC#Cc2ccc(C(=O)N[C@@H](CN)C(=O)NO)cc2)cc1)C1CCCCC1. The van der Waals surface area contributed by atoms with Crippen molar-refractivity contribution >= 4 is 23.4 Å². The van der Waals surface area contributed by atoms with Crippen LogP contribution < -0.4 is 21.8 Å². The van der Waals surface area contributed by atoms with Crippen molar-refractivity contribution in [2.24, 2.45) is 5.73 Å². The van der Waals surface area contributed by atoms with Crippen LogP contribution in [0.25, 0.3) is 0 Å². The van der Waals surface area contributed by atoms with E-state index in [-0.39, 0.29) is 12.5 Å². The third kappa shape index (κ3) is 8.75. The molecule has 198 valence electrons. The molecule has 0 unspecified atom stereocenters. The van der Waals surface area contributed by atoms with Crippen LogP contribution in [0.4, 0.5) is 5.69 Å². The Morgan fingerprint density at radius 3 is 2.11 bits per heavy atom. The first kappa shape index (κ1) is 28.4. The number of rotatable bonds is 8. The zero-order chi connectivity index (χ0) is 27.3. The summed E-state index contributed by atoms with van der Waals surface area (Å²) in [7, 11) is 2.01. The second kappa shape index (κ2) is 14.6. The molecule has 1 atom stereocenters. The smallest absolute Gasteiger partial charge is 0.267 e. The second-order valence-corrected chi connectivity index (χ2v) is 9.15. The minimum Gasteiger partial charge on any atom is -0.339 e. The van der Waals surface area contributed by atoms with E-state index >= 15 is 0 Å². The highest BCUT2D eigenvalue weighted by atomic mass is 16.5. The molecule has 9 nitrogen and oxygen atoms in total. The first-order valence-electron chi connectivity index (χ1n) is 12.6. The topological polar surface area (TPSA) is 137 Å². The molecule has 0 aliphatic heterocycles. The van der Waals surface area contributed by atoms with E-state index in [4.69, 9.17) is 10.9 Å². The predicted molar refractivity (Wildman–Crippen MR) is 145 cm³/mol. The molecule has 0 aromatic heterocycles. The molecule has 1 saturated carbocycles. The lowest BCUT2D eigenvalue weighted by atomic mass is 9.94. The van der Waals surface area contributed by atoms with Gasteiger partial charge >= 0.3 is 0 Å². The summed E-state index contributed by atoms with van der Waals surface area (Å²) in [5.74, 6) is 10.1. The van der Waals surface area contributed by atoms with E-state index in [1.54, 1.807) is 24.3 Å². The van der Waals surface area contributed by atoms with Crippen molar-refractivity contribution in [1.82, 2.24) is 15.7 Å². The molecular weight excluding hydrogens is 482 g/mol. The molecule has 1 aliphatic rings. The highest BCUT2D eigenvalue weighted by Gasteiger charge is 2.20. The number of anilines is 1. The molecule has 38 heavy (non-hydrogen) atoms. The van der Waals surface area contributed by atoms with E-state index in [2.05, 4.69) is 39.2 Å². The molecule has 0 saturated heterocycles. The number of hydroxylamine groups is 1. The Bertz CT molecular complexity index is 1230. The van der Waals surface area contributed by atoms with Gasteiger partial charge in [0.05, 0.1) is 6.54 Å². The maximum Gasteiger partial charge on any atom is 0.267 e. The third-order valence-corrected chi connectivity index (χ3v) is 6.35. The molecule has 0 bridgehead atoms. The van der Waals surface area contributed by atoms with Gasteiger partial charge in [-0.25, -0.2) is 5.48 Å². The number of likely N-dealkylation sites (N-methyl/N-ethyl adjacent to an activating group) is 1. The zero-order valence-electron chi connectivity index (χ0n) is 21.4. The Hall–Kier alpha value is -4.15. The fourth-order valence-electron chi connectivity index (χ4n) is 4.18. The fraction of sp³-hybridized carbons (Fsp3) is 0.345. The highest BCUT2D eigenvalue weighted by molar-refractivity contribution is 5.97. The van der Waals surface area contributed by atoms with Crippen LogP contribution in [-0.2, 0) is 9.59 Å². The van der Waals surface area contributed by atoms with Gasteiger partial charge in [-0.15, -0.1) is 0 Å². The summed E-state index contributed by atoms with van der Waals surface area (Å²) in [6.45, 7) is 0.220. The van der Waals surface area contributed by atoms with Crippen molar-refractivity contribution in [2.45, 2.75) is 44.2 Å². The molecule has 2 aromatic carbocycles. The van der Waals surface area contributed by atoms with Crippen LogP contribution in [0.2, 0.25) is 0 Å². The van der Waals surface area contributed by atoms with Crippen molar-refractivity contribution in [3.8, 4) is 23.7 Å². The number of carbonyl (C=O) groups is 3. The molecular formula is C29H33N5O4. The fourth-order valence-corrected chi connectivity index (χ4v) is 4.18. The Morgan fingerprint density at radius 1 is 0.974 bits per heavy atom. The molecule has 9 heteroatoms. The summed E-state index contributed by atoms with van der Waals surface area (Å²) >= 11 is 0. The van der Waals surface area contributed by atoms with E-state index in [1.165, 1.54) is 24.7 Å². The summed E-state index contributed by atoms with van der Waals surface area (Å²) < 4.78 is 0. The van der Waals surface area contributed by atoms with E-state index in [0.717, 1.165) is 24.1 Å². The quantitative estimate of drug-likeness (QED) is 0.207. The Morgan fingerprint density at radius 2 is 1.55 bits per heavy atom. The number of nitrogens with one attached hydrogen (secondary N) is 3. The third-order valence-electron chi connectivity index (χ3n) is 6.35. The number of nitrogens with two attached hydrogens (primary N) is 1. The van der Waals surface area contributed by atoms with Crippen molar-refractivity contribution in [1.29, 1.82) is 0 Å². The summed E-state index contributed by atoms with van der Waals surface area (Å²) in [5.41, 5.74) is 9.38. The summed E-state index contributed by atoms with van der Waals surface area (Å²) in [5, 5.41) is 14.1. The number of hydrogen-bond acceptors (Lipinski definition) is 6. The van der Waals surface area contributed by atoms with Gasteiger partial charge in [0.25, 0.3) is 11.8 Å². The minimum atomic E-state index is -1.04. The monoisotopic (exact) mass is 515 g/mol. The average molecular weight is 516 g/mol. The molecule has 1 fully saturated rings. The summed E-state index contributed by atoms with van der Waals surface area (Å²) in [4.78, 5) is 38.2. The first-order chi connectivity index (χ1) is 18.4. The Kier molecular flexibility index (Phi) is 10.9. The van der Waals surface area contributed by atoms with Crippen LogP contribution in [0.15, 0.2) is 48.5 Å². The van der Waals surface area contributed by atoms with Gasteiger partial charge in [0.1, 0.15) is 6.04 Å². The zero-order valence-corrected chi connectivity index (χ0v) is 21.4. The van der Waals surface area contributed by atoms with Crippen molar-refractivity contribution < 1.29 is 19.6 Å². The predicted octanol–water partition coefficient (Wildman–Crippen LogP) is 1.86. The standard InChI is InChI=1S/C29H33N5O4/c1-34(25-9-3-2-4-10-25)20-27(35)31-24-17-13-22(14-18-24)8-6-5-7-21-11-15-23(16-12-21)28(36)32-26(19-30)29(37)33-38/h11-18,25-26,38H,2-4,9-10,19-20,30H2,1H3,(H,31,35)(H,32,36)(H,33,37)/t26-/m0/s1. The second-order valence-electron chi connectivity index (χ2n) is 9.15. The number of benzene rings is 2.